The van der Waals surface area contributed by atoms with E-state index in [1.54, 1.807) is 24.3 Å². The predicted octanol–water partition coefficient (Wildman–Crippen LogP) is 3.23. The van der Waals surface area contributed by atoms with Crippen molar-refractivity contribution >= 4 is 38.4 Å². The molecule has 0 amide bonds. The smallest absolute Gasteiger partial charge is 0.242 e. The standard InChI is InChI=1S/C19H22N4O2S2/c1-4-14-8-10-15(11-9-14)18-13-26-19(22-21-18)20-16-6-5-7-17(12-16)27(24,25)23(2)3/h5-12H,4,13H2,1-3H3,(H,20,22). The molecule has 142 valence electrons. The fraction of sp³-hybridized carbons (Fsp3) is 0.263. The molecule has 0 spiro atoms. The minimum atomic E-state index is -3.48. The predicted molar refractivity (Wildman–Crippen MR) is 112 cm³/mol. The first kappa shape index (κ1) is 19.6. The van der Waals surface area contributed by atoms with Gasteiger partial charge in [-0.1, -0.05) is 49.0 Å². The van der Waals surface area contributed by atoms with Crippen LogP contribution < -0.4 is 5.43 Å². The van der Waals surface area contributed by atoms with Crippen molar-refractivity contribution in [2.24, 2.45) is 10.1 Å². The number of rotatable bonds is 5. The third-order valence-electron chi connectivity index (χ3n) is 4.15. The van der Waals surface area contributed by atoms with Crippen LogP contribution in [-0.4, -0.2) is 43.5 Å². The van der Waals surface area contributed by atoms with E-state index in [2.05, 4.69) is 46.7 Å². The van der Waals surface area contributed by atoms with Crippen LogP contribution in [0.2, 0.25) is 0 Å². The highest BCUT2D eigenvalue weighted by Gasteiger charge is 2.18. The van der Waals surface area contributed by atoms with Gasteiger partial charge in [0, 0.05) is 19.8 Å². The van der Waals surface area contributed by atoms with Crippen LogP contribution in [0, 0.1) is 0 Å². The summed E-state index contributed by atoms with van der Waals surface area (Å²) >= 11 is 1.54. The Labute approximate surface area is 164 Å². The Bertz CT molecular complexity index is 981. The second kappa shape index (κ2) is 8.24. The number of hydrazone groups is 1. The molecule has 3 rings (SSSR count). The topological polar surface area (TPSA) is 74.1 Å². The van der Waals surface area contributed by atoms with Gasteiger partial charge in [-0.25, -0.2) is 17.7 Å². The van der Waals surface area contributed by atoms with E-state index in [1.807, 2.05) is 0 Å². The number of benzene rings is 2. The highest BCUT2D eigenvalue weighted by atomic mass is 32.2. The van der Waals surface area contributed by atoms with Crippen molar-refractivity contribution in [2.75, 3.05) is 19.8 Å². The Kier molecular flexibility index (Phi) is 5.98. The zero-order valence-electron chi connectivity index (χ0n) is 15.5. The van der Waals surface area contributed by atoms with Crippen LogP contribution in [0.3, 0.4) is 0 Å². The minimum Gasteiger partial charge on any atom is -0.255 e. The van der Waals surface area contributed by atoms with Gasteiger partial charge in [0.15, 0.2) is 5.17 Å². The van der Waals surface area contributed by atoms with Crippen LogP contribution in [0.1, 0.15) is 18.1 Å². The van der Waals surface area contributed by atoms with Gasteiger partial charge in [0.1, 0.15) is 0 Å². The van der Waals surface area contributed by atoms with Gasteiger partial charge in [-0.3, -0.25) is 5.43 Å². The monoisotopic (exact) mass is 402 g/mol. The zero-order valence-corrected chi connectivity index (χ0v) is 17.1. The normalized spacial score (nSPS) is 16.3. The molecule has 0 saturated heterocycles. The summed E-state index contributed by atoms with van der Waals surface area (Å²) in [7, 11) is -0.462. The lowest BCUT2D eigenvalue weighted by Gasteiger charge is -2.15. The number of aliphatic imine (C=N–C) groups is 1. The molecule has 0 unspecified atom stereocenters. The summed E-state index contributed by atoms with van der Waals surface area (Å²) in [6.45, 7) is 2.13. The Hall–Kier alpha value is -2.16. The largest absolute Gasteiger partial charge is 0.255 e. The number of sulfonamides is 1. The molecule has 2 aromatic rings. The van der Waals surface area contributed by atoms with Gasteiger partial charge >= 0.3 is 0 Å². The van der Waals surface area contributed by atoms with E-state index in [0.717, 1.165) is 17.7 Å². The van der Waals surface area contributed by atoms with E-state index in [9.17, 15) is 8.42 Å². The fourth-order valence-corrected chi connectivity index (χ4v) is 4.22. The number of amidine groups is 1. The molecule has 27 heavy (non-hydrogen) atoms. The van der Waals surface area contributed by atoms with Crippen LogP contribution in [-0.2, 0) is 16.4 Å². The Morgan fingerprint density at radius 3 is 2.52 bits per heavy atom. The summed E-state index contributed by atoms with van der Waals surface area (Å²) in [6.07, 6.45) is 1.01. The number of aryl methyl sites for hydroxylation is 1. The Balaban J connectivity index is 1.77. The summed E-state index contributed by atoms with van der Waals surface area (Å²) in [6, 6.07) is 15.0. The molecule has 0 bridgehead atoms. The summed E-state index contributed by atoms with van der Waals surface area (Å²) in [5, 5.41) is 5.06. The van der Waals surface area contributed by atoms with Gasteiger partial charge in [-0.2, -0.15) is 5.10 Å². The molecule has 1 N–H and O–H groups in total. The molecule has 6 nitrogen and oxygen atoms in total. The van der Waals surface area contributed by atoms with Crippen molar-refractivity contribution < 1.29 is 8.42 Å². The van der Waals surface area contributed by atoms with Gasteiger partial charge < -0.3 is 0 Å². The Morgan fingerprint density at radius 2 is 1.93 bits per heavy atom. The summed E-state index contributed by atoms with van der Waals surface area (Å²) in [5.74, 6) is 0.701. The maximum atomic E-state index is 12.3. The lowest BCUT2D eigenvalue weighted by molar-refractivity contribution is 0.521. The summed E-state index contributed by atoms with van der Waals surface area (Å²) in [5.41, 5.74) is 6.88. The quantitative estimate of drug-likeness (QED) is 0.833. The fourth-order valence-electron chi connectivity index (χ4n) is 2.50. The van der Waals surface area contributed by atoms with E-state index < -0.39 is 10.0 Å². The second-order valence-electron chi connectivity index (χ2n) is 6.21. The van der Waals surface area contributed by atoms with E-state index in [0.29, 0.717) is 16.6 Å². The first-order valence-electron chi connectivity index (χ1n) is 8.56. The molecule has 1 aliphatic heterocycles. The summed E-state index contributed by atoms with van der Waals surface area (Å²) in [4.78, 5) is 4.70. The number of nitrogens with one attached hydrogen (secondary N) is 1. The van der Waals surface area contributed by atoms with Crippen molar-refractivity contribution in [1.29, 1.82) is 0 Å². The molecule has 0 aliphatic carbocycles. The first-order chi connectivity index (χ1) is 12.9. The van der Waals surface area contributed by atoms with Crippen molar-refractivity contribution in [3.63, 3.8) is 0 Å². The first-order valence-corrected chi connectivity index (χ1v) is 11.0. The maximum Gasteiger partial charge on any atom is 0.242 e. The molecule has 0 aromatic heterocycles. The van der Waals surface area contributed by atoms with Crippen molar-refractivity contribution in [1.82, 2.24) is 9.73 Å². The van der Waals surface area contributed by atoms with E-state index in [-0.39, 0.29) is 4.90 Å². The van der Waals surface area contributed by atoms with Crippen molar-refractivity contribution in [3.8, 4) is 0 Å². The van der Waals surface area contributed by atoms with Gasteiger partial charge in [-0.05, 0) is 35.7 Å². The highest BCUT2D eigenvalue weighted by Crippen LogP contribution is 2.23. The molecule has 0 atom stereocenters. The molecule has 2 aromatic carbocycles. The number of hydrogen-bond acceptors (Lipinski definition) is 5. The van der Waals surface area contributed by atoms with E-state index in [1.165, 1.54) is 35.7 Å². The molecule has 0 radical (unpaired) electrons. The third kappa shape index (κ3) is 4.58. The van der Waals surface area contributed by atoms with Crippen LogP contribution in [0.15, 0.2) is 63.5 Å². The SMILES string of the molecule is CCc1ccc(C2=NNC(=Nc3cccc(S(=O)(=O)N(C)C)c3)SC2)cc1. The van der Waals surface area contributed by atoms with Crippen molar-refractivity contribution in [3.05, 3.63) is 59.7 Å². The van der Waals surface area contributed by atoms with Crippen LogP contribution >= 0.6 is 11.8 Å². The number of thioether (sulfide) groups is 1. The van der Waals surface area contributed by atoms with Crippen molar-refractivity contribution in [2.45, 2.75) is 18.2 Å². The Morgan fingerprint density at radius 1 is 1.19 bits per heavy atom. The van der Waals surface area contributed by atoms with Gasteiger partial charge in [0.05, 0.1) is 16.3 Å². The molecular formula is C19H22N4O2S2. The zero-order chi connectivity index (χ0) is 19.4. The molecular weight excluding hydrogens is 380 g/mol. The van der Waals surface area contributed by atoms with E-state index >= 15 is 0 Å². The maximum absolute atomic E-state index is 12.3. The van der Waals surface area contributed by atoms with Gasteiger partial charge in [0.2, 0.25) is 10.0 Å². The average Bonchev–Trinajstić information content (AvgIpc) is 2.69. The van der Waals surface area contributed by atoms with Gasteiger partial charge in [0.25, 0.3) is 0 Å². The second-order valence-corrected chi connectivity index (χ2v) is 9.33. The van der Waals surface area contributed by atoms with Crippen LogP contribution in [0.5, 0.6) is 0 Å². The lowest BCUT2D eigenvalue weighted by Crippen LogP contribution is -2.25. The number of hydrogen-bond donors (Lipinski definition) is 1. The molecule has 1 aliphatic rings. The average molecular weight is 403 g/mol. The lowest BCUT2D eigenvalue weighted by atomic mass is 10.1. The minimum absolute atomic E-state index is 0.218. The van der Waals surface area contributed by atoms with Crippen LogP contribution in [0.25, 0.3) is 0 Å². The third-order valence-corrected chi connectivity index (χ3v) is 6.84. The highest BCUT2D eigenvalue weighted by molar-refractivity contribution is 8.14. The number of nitrogens with zero attached hydrogens (tertiary/aromatic N) is 3. The molecule has 1 heterocycles. The molecule has 0 fully saturated rings. The summed E-state index contributed by atoms with van der Waals surface area (Å²) < 4.78 is 25.7. The van der Waals surface area contributed by atoms with Gasteiger partial charge in [-0.15, -0.1) is 0 Å². The molecule has 0 saturated carbocycles. The van der Waals surface area contributed by atoms with E-state index in [4.69, 9.17) is 0 Å². The van der Waals surface area contributed by atoms with Crippen LogP contribution in [0.4, 0.5) is 5.69 Å². The molecule has 8 heteroatoms.